The number of rotatable bonds is 2. The fourth-order valence-corrected chi connectivity index (χ4v) is 1.71. The summed E-state index contributed by atoms with van der Waals surface area (Å²) in [4.78, 5) is 19.1. The molecule has 2 aromatic heterocycles. The van der Waals surface area contributed by atoms with Gasteiger partial charge >= 0.3 is 0 Å². The predicted molar refractivity (Wildman–Crippen MR) is 59.4 cm³/mol. The predicted octanol–water partition coefficient (Wildman–Crippen LogP) is 1.65. The third-order valence-electron chi connectivity index (χ3n) is 2.19. The molecule has 2 heterocycles. The summed E-state index contributed by atoms with van der Waals surface area (Å²) in [6, 6.07) is 1.77. The van der Waals surface area contributed by atoms with Crippen molar-refractivity contribution in [1.29, 1.82) is 0 Å². The van der Waals surface area contributed by atoms with Crippen molar-refractivity contribution in [3.05, 3.63) is 28.8 Å². The molecular weight excluding hydrogens is 228 g/mol. The highest BCUT2D eigenvalue weighted by molar-refractivity contribution is 6.32. The van der Waals surface area contributed by atoms with E-state index < -0.39 is 0 Å². The molecule has 0 N–H and O–H groups in total. The number of aldehydes is 1. The molecule has 0 aromatic carbocycles. The highest BCUT2D eigenvalue weighted by Gasteiger charge is 2.15. The first kappa shape index (κ1) is 10.8. The second-order valence-electron chi connectivity index (χ2n) is 3.28. The average molecular weight is 237 g/mol. The van der Waals surface area contributed by atoms with E-state index in [9.17, 15) is 4.79 Å². The number of aryl methyl sites for hydroxylation is 2. The second-order valence-corrected chi connectivity index (χ2v) is 3.64. The summed E-state index contributed by atoms with van der Waals surface area (Å²) < 4.78 is 1.63. The molecule has 0 saturated carbocycles. The maximum absolute atomic E-state index is 11.0. The zero-order valence-corrected chi connectivity index (χ0v) is 9.56. The summed E-state index contributed by atoms with van der Waals surface area (Å²) in [7, 11) is 1.77. The monoisotopic (exact) mass is 236 g/mol. The Morgan fingerprint density at radius 3 is 2.75 bits per heavy atom. The van der Waals surface area contributed by atoms with Gasteiger partial charge in [-0.1, -0.05) is 11.6 Å². The molecule has 2 aromatic rings. The van der Waals surface area contributed by atoms with Gasteiger partial charge in [0.05, 0.1) is 11.3 Å². The van der Waals surface area contributed by atoms with Gasteiger partial charge in [-0.05, 0) is 13.0 Å². The molecule has 0 amide bonds. The number of halogens is 1. The number of carbonyl (C=O) groups excluding carboxylic acids is 1. The topological polar surface area (TPSA) is 60.7 Å². The molecule has 0 aliphatic heterocycles. The number of aromatic nitrogens is 4. The van der Waals surface area contributed by atoms with Crippen LogP contribution in [0.5, 0.6) is 0 Å². The van der Waals surface area contributed by atoms with Crippen LogP contribution < -0.4 is 0 Å². The number of hydrogen-bond donors (Lipinski definition) is 0. The molecule has 0 bridgehead atoms. The number of nitrogens with zero attached hydrogens (tertiary/aromatic N) is 4. The van der Waals surface area contributed by atoms with Gasteiger partial charge in [0.2, 0.25) is 0 Å². The average Bonchev–Trinajstić information content (AvgIpc) is 2.63. The van der Waals surface area contributed by atoms with E-state index in [2.05, 4.69) is 15.1 Å². The van der Waals surface area contributed by atoms with Crippen LogP contribution in [0.2, 0.25) is 5.15 Å². The minimum absolute atomic E-state index is 0.165. The maximum Gasteiger partial charge on any atom is 0.155 e. The van der Waals surface area contributed by atoms with Gasteiger partial charge in [-0.25, -0.2) is 9.97 Å². The molecule has 2 rings (SSSR count). The number of hydrogen-bond acceptors (Lipinski definition) is 4. The van der Waals surface area contributed by atoms with E-state index in [0.29, 0.717) is 17.8 Å². The molecule has 0 unspecified atom stereocenters. The van der Waals surface area contributed by atoms with Crippen LogP contribution in [0.1, 0.15) is 16.2 Å². The van der Waals surface area contributed by atoms with Gasteiger partial charge in [0.1, 0.15) is 16.7 Å². The highest BCUT2D eigenvalue weighted by Crippen LogP contribution is 2.24. The fourth-order valence-electron chi connectivity index (χ4n) is 1.45. The van der Waals surface area contributed by atoms with Gasteiger partial charge in [-0.3, -0.25) is 9.48 Å². The van der Waals surface area contributed by atoms with Crippen LogP contribution in [-0.4, -0.2) is 26.0 Å². The first-order valence-electron chi connectivity index (χ1n) is 4.61. The first-order chi connectivity index (χ1) is 7.63. The maximum atomic E-state index is 11.0. The quantitative estimate of drug-likeness (QED) is 0.588. The van der Waals surface area contributed by atoms with Crippen molar-refractivity contribution < 1.29 is 4.79 Å². The first-order valence-corrected chi connectivity index (χ1v) is 4.99. The minimum Gasteiger partial charge on any atom is -0.298 e. The minimum atomic E-state index is 0.165. The Balaban J connectivity index is 2.73. The molecule has 0 spiro atoms. The van der Waals surface area contributed by atoms with Crippen molar-refractivity contribution >= 4 is 17.9 Å². The fraction of sp³-hybridized carbons (Fsp3) is 0.200. The summed E-state index contributed by atoms with van der Waals surface area (Å²) in [6.45, 7) is 1.72. The second kappa shape index (κ2) is 4.02. The van der Waals surface area contributed by atoms with Crippen molar-refractivity contribution in [2.24, 2.45) is 7.05 Å². The molecule has 0 atom stereocenters. The molecule has 5 nitrogen and oxygen atoms in total. The Bertz CT molecular complexity index is 550. The lowest BCUT2D eigenvalue weighted by Crippen LogP contribution is -2.03. The van der Waals surface area contributed by atoms with Crippen LogP contribution >= 0.6 is 11.6 Å². The van der Waals surface area contributed by atoms with Gasteiger partial charge in [0, 0.05) is 13.2 Å². The van der Waals surface area contributed by atoms with Gasteiger partial charge in [-0.2, -0.15) is 5.10 Å². The van der Waals surface area contributed by atoms with Crippen molar-refractivity contribution in [3.63, 3.8) is 0 Å². The van der Waals surface area contributed by atoms with Crippen LogP contribution in [0, 0.1) is 6.92 Å². The van der Waals surface area contributed by atoms with E-state index in [1.165, 1.54) is 0 Å². The van der Waals surface area contributed by atoms with Gasteiger partial charge in [0.25, 0.3) is 0 Å². The van der Waals surface area contributed by atoms with E-state index in [1.807, 2.05) is 0 Å². The molecule has 6 heteroatoms. The lowest BCUT2D eigenvalue weighted by Gasteiger charge is -2.06. The third-order valence-corrected chi connectivity index (χ3v) is 2.48. The summed E-state index contributed by atoms with van der Waals surface area (Å²) in [5.74, 6) is 0.520. The number of carbonyl (C=O) groups is 1. The smallest absolute Gasteiger partial charge is 0.155 e. The Morgan fingerprint density at radius 2 is 2.19 bits per heavy atom. The van der Waals surface area contributed by atoms with Crippen LogP contribution in [0.4, 0.5) is 0 Å². The summed E-state index contributed by atoms with van der Waals surface area (Å²) in [5, 5.41) is 4.19. The van der Waals surface area contributed by atoms with E-state index in [-0.39, 0.29) is 10.7 Å². The van der Waals surface area contributed by atoms with E-state index in [4.69, 9.17) is 11.6 Å². The van der Waals surface area contributed by atoms with Crippen LogP contribution in [0.3, 0.4) is 0 Å². The summed E-state index contributed by atoms with van der Waals surface area (Å²) >= 11 is 5.89. The van der Waals surface area contributed by atoms with Gasteiger partial charge in [0.15, 0.2) is 6.29 Å². The Hall–Kier alpha value is -1.75. The lowest BCUT2D eigenvalue weighted by atomic mass is 10.2. The van der Waals surface area contributed by atoms with Gasteiger partial charge < -0.3 is 0 Å². The lowest BCUT2D eigenvalue weighted by molar-refractivity contribution is 0.112. The normalized spacial score (nSPS) is 10.4. The van der Waals surface area contributed by atoms with E-state index in [0.717, 1.165) is 5.69 Å². The zero-order valence-electron chi connectivity index (χ0n) is 8.81. The molecular formula is C10H9ClN4O. The highest BCUT2D eigenvalue weighted by atomic mass is 35.5. The molecule has 0 radical (unpaired) electrons. The SMILES string of the molecule is Cc1nc(Cl)c(C=O)c(-c2ccnn2C)n1. The van der Waals surface area contributed by atoms with Crippen molar-refractivity contribution in [2.75, 3.05) is 0 Å². The summed E-state index contributed by atoms with van der Waals surface area (Å²) in [6.07, 6.45) is 2.29. The van der Waals surface area contributed by atoms with Crippen LogP contribution in [-0.2, 0) is 7.05 Å². The molecule has 16 heavy (non-hydrogen) atoms. The third kappa shape index (κ3) is 1.69. The van der Waals surface area contributed by atoms with E-state index in [1.54, 1.807) is 30.9 Å². The van der Waals surface area contributed by atoms with Crippen LogP contribution in [0.15, 0.2) is 12.3 Å². The van der Waals surface area contributed by atoms with Crippen molar-refractivity contribution in [1.82, 2.24) is 19.7 Å². The molecule has 0 aliphatic rings. The summed E-state index contributed by atoms with van der Waals surface area (Å²) in [5.41, 5.74) is 1.53. The molecule has 0 saturated heterocycles. The largest absolute Gasteiger partial charge is 0.298 e. The Morgan fingerprint density at radius 1 is 1.44 bits per heavy atom. The Labute approximate surface area is 97.1 Å². The van der Waals surface area contributed by atoms with Crippen molar-refractivity contribution in [2.45, 2.75) is 6.92 Å². The van der Waals surface area contributed by atoms with Crippen LogP contribution in [0.25, 0.3) is 11.4 Å². The Kier molecular flexibility index (Phi) is 2.70. The zero-order chi connectivity index (χ0) is 11.7. The van der Waals surface area contributed by atoms with Gasteiger partial charge in [-0.15, -0.1) is 0 Å². The van der Waals surface area contributed by atoms with Crippen molar-refractivity contribution in [3.8, 4) is 11.4 Å². The molecule has 82 valence electrons. The standard InChI is InChI=1S/C10H9ClN4O/c1-6-13-9(7(5-16)10(11)14-6)8-3-4-12-15(8)2/h3-5H,1-2H3. The van der Waals surface area contributed by atoms with E-state index >= 15 is 0 Å². The molecule has 0 aliphatic carbocycles. The molecule has 0 fully saturated rings.